The van der Waals surface area contributed by atoms with Gasteiger partial charge in [0, 0.05) is 23.1 Å². The minimum atomic E-state index is -0.102. The molecule has 1 aliphatic heterocycles. The van der Waals surface area contributed by atoms with Crippen molar-refractivity contribution in [3.8, 4) is 16.9 Å². The summed E-state index contributed by atoms with van der Waals surface area (Å²) in [6.07, 6.45) is 0.744. The molecular formula is C26H19Cl2NO2. The number of rotatable bonds is 3. The second-order valence-electron chi connectivity index (χ2n) is 7.54. The van der Waals surface area contributed by atoms with Crippen molar-refractivity contribution in [3.63, 3.8) is 0 Å². The number of carbonyl (C=O) groups excluding carboxylic acids is 1. The van der Waals surface area contributed by atoms with Crippen LogP contribution in [-0.2, 0) is 0 Å². The summed E-state index contributed by atoms with van der Waals surface area (Å²) >= 11 is 12.7. The zero-order chi connectivity index (χ0) is 21.4. The highest BCUT2D eigenvalue weighted by atomic mass is 35.5. The molecule has 1 N–H and O–H groups in total. The van der Waals surface area contributed by atoms with E-state index < -0.39 is 0 Å². The Morgan fingerprint density at radius 2 is 1.71 bits per heavy atom. The number of amides is 1. The van der Waals surface area contributed by atoms with Gasteiger partial charge in [-0.2, -0.15) is 0 Å². The molecule has 0 bridgehead atoms. The lowest BCUT2D eigenvalue weighted by molar-refractivity contribution is 0.0925. The average Bonchev–Trinajstić information content (AvgIpc) is 2.80. The van der Waals surface area contributed by atoms with Gasteiger partial charge < -0.3 is 10.1 Å². The van der Waals surface area contributed by atoms with Crippen molar-refractivity contribution in [2.75, 3.05) is 6.61 Å². The van der Waals surface area contributed by atoms with Crippen molar-refractivity contribution in [1.29, 1.82) is 0 Å². The highest BCUT2D eigenvalue weighted by molar-refractivity contribution is 6.44. The first-order valence-corrected chi connectivity index (χ1v) is 10.9. The van der Waals surface area contributed by atoms with Gasteiger partial charge in [-0.3, -0.25) is 4.79 Å². The molecule has 0 aliphatic carbocycles. The first kappa shape index (κ1) is 19.9. The molecule has 1 atom stereocenters. The van der Waals surface area contributed by atoms with E-state index >= 15 is 0 Å². The van der Waals surface area contributed by atoms with E-state index in [-0.39, 0.29) is 11.9 Å². The van der Waals surface area contributed by atoms with E-state index in [2.05, 4.69) is 5.32 Å². The van der Waals surface area contributed by atoms with Gasteiger partial charge in [-0.25, -0.2) is 0 Å². The first-order chi connectivity index (χ1) is 15.1. The molecular weight excluding hydrogens is 429 g/mol. The van der Waals surface area contributed by atoms with Crippen LogP contribution in [-0.4, -0.2) is 12.5 Å². The molecule has 0 aromatic heterocycles. The molecule has 1 amide bonds. The van der Waals surface area contributed by atoms with E-state index in [9.17, 15) is 4.79 Å². The molecule has 4 aromatic carbocycles. The first-order valence-electron chi connectivity index (χ1n) is 10.1. The molecule has 5 heteroatoms. The van der Waals surface area contributed by atoms with Crippen LogP contribution in [0.5, 0.6) is 5.75 Å². The molecule has 0 radical (unpaired) electrons. The number of hydrogen-bond donors (Lipinski definition) is 1. The van der Waals surface area contributed by atoms with Gasteiger partial charge in [0.15, 0.2) is 0 Å². The van der Waals surface area contributed by atoms with Gasteiger partial charge in [0.1, 0.15) is 5.75 Å². The molecule has 0 fully saturated rings. The number of nitrogens with one attached hydrogen (secondary N) is 1. The molecule has 0 saturated heterocycles. The van der Waals surface area contributed by atoms with Crippen molar-refractivity contribution < 1.29 is 9.53 Å². The van der Waals surface area contributed by atoms with Crippen molar-refractivity contribution in [2.24, 2.45) is 0 Å². The molecule has 1 unspecified atom stereocenters. The second-order valence-corrected chi connectivity index (χ2v) is 8.33. The maximum absolute atomic E-state index is 13.0. The fraction of sp³-hybridized carbons (Fsp3) is 0.115. The lowest BCUT2D eigenvalue weighted by Crippen LogP contribution is -2.32. The summed E-state index contributed by atoms with van der Waals surface area (Å²) in [7, 11) is 0. The van der Waals surface area contributed by atoms with Crippen LogP contribution in [0.3, 0.4) is 0 Å². The molecule has 1 heterocycles. The zero-order valence-electron chi connectivity index (χ0n) is 16.6. The minimum Gasteiger partial charge on any atom is -0.493 e. The summed E-state index contributed by atoms with van der Waals surface area (Å²) in [6, 6.07) is 25.1. The molecule has 5 rings (SSSR count). The van der Waals surface area contributed by atoms with E-state index in [1.807, 2.05) is 72.8 Å². The predicted molar refractivity (Wildman–Crippen MR) is 126 cm³/mol. The third-order valence-electron chi connectivity index (χ3n) is 5.65. The van der Waals surface area contributed by atoms with Crippen molar-refractivity contribution in [2.45, 2.75) is 12.5 Å². The summed E-state index contributed by atoms with van der Waals surface area (Å²) in [6.45, 7) is 0.587. The van der Waals surface area contributed by atoms with E-state index in [1.165, 1.54) is 0 Å². The Bertz CT molecular complexity index is 1300. The SMILES string of the molecule is O=C(NC1CCOc2ccccc21)c1ccc2c(-c3cccc(Cl)c3Cl)cccc2c1. The summed E-state index contributed by atoms with van der Waals surface area (Å²) in [5, 5.41) is 6.18. The summed E-state index contributed by atoms with van der Waals surface area (Å²) < 4.78 is 5.70. The normalized spacial score (nSPS) is 15.2. The van der Waals surface area contributed by atoms with Gasteiger partial charge in [0.05, 0.1) is 22.7 Å². The van der Waals surface area contributed by atoms with Crippen LogP contribution < -0.4 is 10.1 Å². The van der Waals surface area contributed by atoms with Crippen molar-refractivity contribution >= 4 is 39.9 Å². The number of carbonyl (C=O) groups is 1. The summed E-state index contributed by atoms with van der Waals surface area (Å²) in [5.41, 5.74) is 3.48. The van der Waals surface area contributed by atoms with Crippen molar-refractivity contribution in [1.82, 2.24) is 5.32 Å². The third-order valence-corrected chi connectivity index (χ3v) is 6.47. The largest absolute Gasteiger partial charge is 0.493 e. The third kappa shape index (κ3) is 3.76. The lowest BCUT2D eigenvalue weighted by atomic mass is 9.96. The Hall–Kier alpha value is -3.01. The van der Waals surface area contributed by atoms with Crippen LogP contribution in [0.2, 0.25) is 10.0 Å². The fourth-order valence-electron chi connectivity index (χ4n) is 4.11. The number of ether oxygens (including phenoxy) is 1. The molecule has 4 aromatic rings. The second kappa shape index (κ2) is 8.26. The average molecular weight is 448 g/mol. The molecule has 1 aliphatic rings. The fourth-order valence-corrected chi connectivity index (χ4v) is 4.51. The number of hydrogen-bond acceptors (Lipinski definition) is 2. The van der Waals surface area contributed by atoms with E-state index in [4.69, 9.17) is 27.9 Å². The van der Waals surface area contributed by atoms with Gasteiger partial charge in [-0.05, 0) is 40.6 Å². The van der Waals surface area contributed by atoms with Crippen LogP contribution in [0.4, 0.5) is 0 Å². The standard InChI is InChI=1S/C26H19Cl2NO2/c27-22-9-4-8-20(25(22)28)19-7-3-5-16-15-17(11-12-18(16)19)26(30)29-23-13-14-31-24-10-2-1-6-21(23)24/h1-12,15,23H,13-14H2,(H,29,30). The van der Waals surface area contributed by atoms with Gasteiger partial charge in [-0.15, -0.1) is 0 Å². The van der Waals surface area contributed by atoms with Gasteiger partial charge in [-0.1, -0.05) is 77.8 Å². The number of halogens is 2. The van der Waals surface area contributed by atoms with Crippen LogP contribution in [0.15, 0.2) is 78.9 Å². The van der Waals surface area contributed by atoms with E-state index in [0.29, 0.717) is 22.2 Å². The van der Waals surface area contributed by atoms with Crippen LogP contribution in [0.1, 0.15) is 28.4 Å². The summed E-state index contributed by atoms with van der Waals surface area (Å²) in [5.74, 6) is 0.732. The van der Waals surface area contributed by atoms with Crippen LogP contribution in [0.25, 0.3) is 21.9 Å². The highest BCUT2D eigenvalue weighted by Crippen LogP contribution is 2.37. The summed E-state index contributed by atoms with van der Waals surface area (Å²) in [4.78, 5) is 13.0. The van der Waals surface area contributed by atoms with E-state index in [0.717, 1.165) is 39.6 Å². The van der Waals surface area contributed by atoms with E-state index in [1.54, 1.807) is 6.07 Å². The van der Waals surface area contributed by atoms with Crippen LogP contribution in [0, 0.1) is 0 Å². The Kier molecular flexibility index (Phi) is 5.31. The number of benzene rings is 4. The van der Waals surface area contributed by atoms with Gasteiger partial charge in [0.2, 0.25) is 0 Å². The maximum atomic E-state index is 13.0. The highest BCUT2D eigenvalue weighted by Gasteiger charge is 2.23. The smallest absolute Gasteiger partial charge is 0.251 e. The van der Waals surface area contributed by atoms with Gasteiger partial charge >= 0.3 is 0 Å². The topological polar surface area (TPSA) is 38.3 Å². The number of fused-ring (bicyclic) bond motifs is 2. The van der Waals surface area contributed by atoms with Crippen LogP contribution >= 0.6 is 23.2 Å². The number of para-hydroxylation sites is 1. The quantitative estimate of drug-likeness (QED) is 0.364. The maximum Gasteiger partial charge on any atom is 0.251 e. The minimum absolute atomic E-state index is 0.0650. The Labute approximate surface area is 190 Å². The Morgan fingerprint density at radius 1 is 0.903 bits per heavy atom. The molecule has 0 spiro atoms. The zero-order valence-corrected chi connectivity index (χ0v) is 18.1. The molecule has 3 nitrogen and oxygen atoms in total. The monoisotopic (exact) mass is 447 g/mol. The molecule has 31 heavy (non-hydrogen) atoms. The van der Waals surface area contributed by atoms with Crippen molar-refractivity contribution in [3.05, 3.63) is 100 Å². The lowest BCUT2D eigenvalue weighted by Gasteiger charge is -2.26. The Morgan fingerprint density at radius 3 is 2.61 bits per heavy atom. The molecule has 0 saturated carbocycles. The molecule has 154 valence electrons. The predicted octanol–water partition coefficient (Wildman–Crippen LogP) is 7.07. The van der Waals surface area contributed by atoms with Gasteiger partial charge in [0.25, 0.3) is 5.91 Å². The Balaban J connectivity index is 1.47.